The molecule has 0 radical (unpaired) electrons. The van der Waals surface area contributed by atoms with Crippen LogP contribution >= 0.6 is 0 Å². The summed E-state index contributed by atoms with van der Waals surface area (Å²) in [7, 11) is 0. The van der Waals surface area contributed by atoms with E-state index in [9.17, 15) is 0 Å². The number of nitrogens with one attached hydrogen (secondary N) is 1. The highest BCUT2D eigenvalue weighted by Crippen LogP contribution is 2.15. The second-order valence-corrected chi connectivity index (χ2v) is 3.71. The molecule has 0 aliphatic heterocycles. The van der Waals surface area contributed by atoms with Crippen LogP contribution in [0.25, 0.3) is 0 Å². The topological polar surface area (TPSA) is 28.1 Å². The van der Waals surface area contributed by atoms with E-state index < -0.39 is 0 Å². The molecule has 0 fully saturated rings. The molecule has 0 aliphatic rings. The monoisotopic (exact) mass is 190 g/mol. The Kier molecular flexibility index (Phi) is 3.69. The molecule has 0 amide bonds. The van der Waals surface area contributed by atoms with Crippen LogP contribution in [-0.4, -0.2) is 11.2 Å². The molecule has 1 aromatic heterocycles. The summed E-state index contributed by atoms with van der Waals surface area (Å²) < 4.78 is 0. The molecule has 0 aliphatic carbocycles. The van der Waals surface area contributed by atoms with Gasteiger partial charge in [0.1, 0.15) is 5.82 Å². The van der Waals surface area contributed by atoms with Crippen LogP contribution in [0.2, 0.25) is 0 Å². The quantitative estimate of drug-likeness (QED) is 0.705. The summed E-state index contributed by atoms with van der Waals surface area (Å²) >= 11 is 0. The Hall–Kier alpha value is -1.31. The first kappa shape index (κ1) is 10.8. The number of rotatable bonds is 3. The SMILES string of the molecule is C/C=C(\C=N/c1[nH]ccc1C)C(C)C. The molecule has 0 aromatic carbocycles. The molecule has 0 saturated heterocycles. The van der Waals surface area contributed by atoms with Gasteiger partial charge in [0.15, 0.2) is 0 Å². The second kappa shape index (κ2) is 4.80. The van der Waals surface area contributed by atoms with E-state index in [0.29, 0.717) is 5.92 Å². The van der Waals surface area contributed by atoms with Gasteiger partial charge in [-0.3, -0.25) is 0 Å². The van der Waals surface area contributed by atoms with Crippen LogP contribution in [0.5, 0.6) is 0 Å². The minimum atomic E-state index is 0.527. The molecule has 0 saturated carbocycles. The zero-order valence-corrected chi connectivity index (χ0v) is 9.33. The first-order valence-corrected chi connectivity index (χ1v) is 4.99. The normalized spacial score (nSPS) is 13.1. The molecular weight excluding hydrogens is 172 g/mol. The zero-order valence-electron chi connectivity index (χ0n) is 9.33. The second-order valence-electron chi connectivity index (χ2n) is 3.71. The van der Waals surface area contributed by atoms with E-state index >= 15 is 0 Å². The maximum atomic E-state index is 4.41. The lowest BCUT2D eigenvalue weighted by atomic mass is 10.1. The number of nitrogens with zero attached hydrogens (tertiary/aromatic N) is 1. The molecule has 2 nitrogen and oxygen atoms in total. The third-order valence-electron chi connectivity index (χ3n) is 2.27. The van der Waals surface area contributed by atoms with Crippen molar-refractivity contribution in [3.63, 3.8) is 0 Å². The Morgan fingerprint density at radius 1 is 1.50 bits per heavy atom. The van der Waals surface area contributed by atoms with Crippen molar-refractivity contribution in [3.05, 3.63) is 29.5 Å². The number of hydrogen-bond acceptors (Lipinski definition) is 1. The van der Waals surface area contributed by atoms with E-state index in [1.54, 1.807) is 0 Å². The Morgan fingerprint density at radius 2 is 2.21 bits per heavy atom. The molecule has 14 heavy (non-hydrogen) atoms. The first-order chi connectivity index (χ1) is 6.65. The maximum absolute atomic E-state index is 4.41. The van der Waals surface area contributed by atoms with Crippen molar-refractivity contribution in [3.8, 4) is 0 Å². The van der Waals surface area contributed by atoms with Crippen molar-refractivity contribution in [2.45, 2.75) is 27.7 Å². The van der Waals surface area contributed by atoms with E-state index in [-0.39, 0.29) is 0 Å². The fourth-order valence-corrected chi connectivity index (χ4v) is 1.27. The van der Waals surface area contributed by atoms with Gasteiger partial charge in [-0.15, -0.1) is 0 Å². The predicted molar refractivity (Wildman–Crippen MR) is 62.3 cm³/mol. The number of H-pyrrole nitrogens is 1. The van der Waals surface area contributed by atoms with Crippen molar-refractivity contribution in [2.24, 2.45) is 10.9 Å². The summed E-state index contributed by atoms with van der Waals surface area (Å²) in [5, 5.41) is 0. The standard InChI is InChI=1S/C12H18N2/c1-5-11(9(2)3)8-14-12-10(4)6-7-13-12/h5-9,13H,1-4H3/b11-5+,14-8-. The summed E-state index contributed by atoms with van der Waals surface area (Å²) in [6.07, 6.45) is 5.95. The zero-order chi connectivity index (χ0) is 10.6. The van der Waals surface area contributed by atoms with Gasteiger partial charge in [-0.05, 0) is 37.0 Å². The lowest BCUT2D eigenvalue weighted by Crippen LogP contribution is -1.94. The van der Waals surface area contributed by atoms with Crippen molar-refractivity contribution in [1.82, 2.24) is 4.98 Å². The average molecular weight is 190 g/mol. The van der Waals surface area contributed by atoms with Gasteiger partial charge < -0.3 is 4.98 Å². The van der Waals surface area contributed by atoms with E-state index in [0.717, 1.165) is 5.82 Å². The fraction of sp³-hybridized carbons (Fsp3) is 0.417. The van der Waals surface area contributed by atoms with Crippen LogP contribution in [-0.2, 0) is 0 Å². The number of aromatic amines is 1. The van der Waals surface area contributed by atoms with Crippen LogP contribution < -0.4 is 0 Å². The molecule has 1 aromatic rings. The highest BCUT2D eigenvalue weighted by atomic mass is 14.9. The molecule has 2 heteroatoms. The van der Waals surface area contributed by atoms with Gasteiger partial charge in [0, 0.05) is 12.4 Å². The summed E-state index contributed by atoms with van der Waals surface area (Å²) in [5.41, 5.74) is 2.44. The summed E-state index contributed by atoms with van der Waals surface area (Å²) in [4.78, 5) is 7.51. The molecule has 0 spiro atoms. The van der Waals surface area contributed by atoms with Crippen LogP contribution in [0.4, 0.5) is 5.82 Å². The summed E-state index contributed by atoms with van der Waals surface area (Å²) in [6.45, 7) is 8.43. The van der Waals surface area contributed by atoms with Crippen molar-refractivity contribution in [2.75, 3.05) is 0 Å². The van der Waals surface area contributed by atoms with Crippen LogP contribution in [0.15, 0.2) is 28.9 Å². The molecule has 1 heterocycles. The Bertz CT molecular complexity index is 343. The molecule has 0 bridgehead atoms. The smallest absolute Gasteiger partial charge is 0.132 e. The Balaban J connectivity index is 2.78. The number of aryl methyl sites for hydroxylation is 1. The number of aliphatic imine (C=N–C) groups is 1. The summed E-state index contributed by atoms with van der Waals surface area (Å²) in [5.74, 6) is 1.48. The third-order valence-corrected chi connectivity index (χ3v) is 2.27. The largest absolute Gasteiger partial charge is 0.346 e. The van der Waals surface area contributed by atoms with Gasteiger partial charge in [0.2, 0.25) is 0 Å². The Morgan fingerprint density at radius 3 is 2.64 bits per heavy atom. The van der Waals surface area contributed by atoms with Crippen molar-refractivity contribution < 1.29 is 0 Å². The number of aromatic nitrogens is 1. The maximum Gasteiger partial charge on any atom is 0.132 e. The molecule has 0 atom stereocenters. The minimum Gasteiger partial charge on any atom is -0.346 e. The first-order valence-electron chi connectivity index (χ1n) is 4.99. The van der Waals surface area contributed by atoms with Crippen LogP contribution in [0.3, 0.4) is 0 Å². The van der Waals surface area contributed by atoms with Gasteiger partial charge in [-0.1, -0.05) is 19.9 Å². The van der Waals surface area contributed by atoms with Gasteiger partial charge in [0.25, 0.3) is 0 Å². The highest BCUT2D eigenvalue weighted by Gasteiger charge is 1.99. The lowest BCUT2D eigenvalue weighted by molar-refractivity contribution is 0.805. The molecule has 0 unspecified atom stereocenters. The number of hydrogen-bond donors (Lipinski definition) is 1. The van der Waals surface area contributed by atoms with Crippen molar-refractivity contribution in [1.29, 1.82) is 0 Å². The molecular formula is C12H18N2. The number of allylic oxidation sites excluding steroid dienone is 2. The predicted octanol–water partition coefficient (Wildman–Crippen LogP) is 3.63. The third kappa shape index (κ3) is 2.59. The summed E-state index contributed by atoms with van der Waals surface area (Å²) in [6, 6.07) is 2.03. The fourth-order valence-electron chi connectivity index (χ4n) is 1.27. The van der Waals surface area contributed by atoms with E-state index in [2.05, 4.69) is 29.9 Å². The van der Waals surface area contributed by atoms with Gasteiger partial charge >= 0.3 is 0 Å². The van der Waals surface area contributed by atoms with Gasteiger partial charge in [0.05, 0.1) is 0 Å². The van der Waals surface area contributed by atoms with Crippen LogP contribution in [0, 0.1) is 12.8 Å². The lowest BCUT2D eigenvalue weighted by Gasteiger charge is -2.03. The van der Waals surface area contributed by atoms with Crippen LogP contribution in [0.1, 0.15) is 26.3 Å². The highest BCUT2D eigenvalue weighted by molar-refractivity contribution is 5.81. The Labute approximate surface area is 85.8 Å². The molecule has 1 N–H and O–H groups in total. The minimum absolute atomic E-state index is 0.527. The average Bonchev–Trinajstić information content (AvgIpc) is 2.52. The molecule has 76 valence electrons. The van der Waals surface area contributed by atoms with Crippen molar-refractivity contribution >= 4 is 12.0 Å². The molecule has 1 rings (SSSR count). The van der Waals surface area contributed by atoms with E-state index in [1.165, 1.54) is 11.1 Å². The van der Waals surface area contributed by atoms with Gasteiger partial charge in [-0.2, -0.15) is 0 Å². The van der Waals surface area contributed by atoms with Gasteiger partial charge in [-0.25, -0.2) is 4.99 Å². The van der Waals surface area contributed by atoms with E-state index in [4.69, 9.17) is 0 Å². The van der Waals surface area contributed by atoms with E-state index in [1.807, 2.05) is 32.3 Å².